The van der Waals surface area contributed by atoms with Gasteiger partial charge in [-0.2, -0.15) is 0 Å². The maximum absolute atomic E-state index is 6.51. The van der Waals surface area contributed by atoms with Gasteiger partial charge in [0.05, 0.1) is 0 Å². The SMILES string of the molecule is CC1(C)c2ccc(N3CCNCC3)cc2Nc2cc(Cl)cc(Cl)c21. The second-order valence-electron chi connectivity index (χ2n) is 7.03. The number of benzene rings is 2. The van der Waals surface area contributed by atoms with Gasteiger partial charge in [0.2, 0.25) is 0 Å². The summed E-state index contributed by atoms with van der Waals surface area (Å²) < 4.78 is 0. The highest BCUT2D eigenvalue weighted by molar-refractivity contribution is 6.36. The summed E-state index contributed by atoms with van der Waals surface area (Å²) in [4.78, 5) is 2.42. The minimum absolute atomic E-state index is 0.167. The predicted molar refractivity (Wildman–Crippen MR) is 103 cm³/mol. The highest BCUT2D eigenvalue weighted by Crippen LogP contribution is 2.49. The van der Waals surface area contributed by atoms with Crippen molar-refractivity contribution in [2.24, 2.45) is 0 Å². The number of piperazine rings is 1. The van der Waals surface area contributed by atoms with Gasteiger partial charge in [-0.15, -0.1) is 0 Å². The zero-order valence-electron chi connectivity index (χ0n) is 13.9. The molecule has 2 aromatic carbocycles. The van der Waals surface area contributed by atoms with Crippen LogP contribution in [0.25, 0.3) is 0 Å². The average molecular weight is 362 g/mol. The first-order chi connectivity index (χ1) is 11.5. The Morgan fingerprint density at radius 1 is 1.00 bits per heavy atom. The lowest BCUT2D eigenvalue weighted by Crippen LogP contribution is -2.43. The molecule has 0 aliphatic carbocycles. The summed E-state index contributed by atoms with van der Waals surface area (Å²) in [5, 5.41) is 8.32. The fourth-order valence-corrected chi connectivity index (χ4v) is 4.62. The standard InChI is InChI=1S/C19H21Cl2N3/c1-19(2)14-4-3-13(24-7-5-22-6-8-24)11-16(14)23-17-10-12(20)9-15(21)18(17)19/h3-4,9-11,22-23H,5-8H2,1-2H3. The van der Waals surface area contributed by atoms with E-state index in [2.05, 4.69) is 47.6 Å². The monoisotopic (exact) mass is 361 g/mol. The number of hydrogen-bond donors (Lipinski definition) is 2. The van der Waals surface area contributed by atoms with Crippen LogP contribution in [0.3, 0.4) is 0 Å². The van der Waals surface area contributed by atoms with Crippen LogP contribution in [0.2, 0.25) is 10.0 Å². The van der Waals surface area contributed by atoms with Crippen LogP contribution in [-0.4, -0.2) is 26.2 Å². The lowest BCUT2D eigenvalue weighted by atomic mass is 9.74. The second kappa shape index (κ2) is 5.83. The van der Waals surface area contributed by atoms with Gasteiger partial charge >= 0.3 is 0 Å². The first-order valence-corrected chi connectivity index (χ1v) is 9.09. The van der Waals surface area contributed by atoms with Crippen molar-refractivity contribution in [3.8, 4) is 0 Å². The molecule has 0 atom stereocenters. The van der Waals surface area contributed by atoms with Crippen LogP contribution in [0.5, 0.6) is 0 Å². The third-order valence-electron chi connectivity index (χ3n) is 5.11. The molecular weight excluding hydrogens is 341 g/mol. The Bertz CT molecular complexity index is 795. The minimum Gasteiger partial charge on any atom is -0.369 e. The quantitative estimate of drug-likeness (QED) is 0.764. The van der Waals surface area contributed by atoms with E-state index in [-0.39, 0.29) is 5.41 Å². The molecule has 1 fully saturated rings. The molecule has 126 valence electrons. The molecule has 0 unspecified atom stereocenters. The molecule has 2 heterocycles. The fourth-order valence-electron chi connectivity index (χ4n) is 3.89. The minimum atomic E-state index is -0.167. The van der Waals surface area contributed by atoms with E-state index in [4.69, 9.17) is 23.2 Å². The van der Waals surface area contributed by atoms with Crippen LogP contribution in [0.4, 0.5) is 17.1 Å². The van der Waals surface area contributed by atoms with Crippen molar-refractivity contribution in [2.75, 3.05) is 36.4 Å². The first kappa shape index (κ1) is 16.1. The maximum atomic E-state index is 6.51. The van der Waals surface area contributed by atoms with E-state index in [9.17, 15) is 0 Å². The fraction of sp³-hybridized carbons (Fsp3) is 0.368. The Morgan fingerprint density at radius 3 is 2.50 bits per heavy atom. The summed E-state index contributed by atoms with van der Waals surface area (Å²) >= 11 is 12.7. The van der Waals surface area contributed by atoms with Crippen LogP contribution in [-0.2, 0) is 5.41 Å². The smallest absolute Gasteiger partial charge is 0.0482 e. The number of anilines is 3. The molecule has 5 heteroatoms. The molecule has 2 aliphatic heterocycles. The van der Waals surface area contributed by atoms with Gasteiger partial charge < -0.3 is 15.5 Å². The highest BCUT2D eigenvalue weighted by atomic mass is 35.5. The number of halogens is 2. The maximum Gasteiger partial charge on any atom is 0.0482 e. The van der Waals surface area contributed by atoms with E-state index in [0.29, 0.717) is 10.0 Å². The molecular formula is C19H21Cl2N3. The molecule has 3 nitrogen and oxygen atoms in total. The Hall–Kier alpha value is -1.42. The van der Waals surface area contributed by atoms with Crippen LogP contribution < -0.4 is 15.5 Å². The largest absolute Gasteiger partial charge is 0.369 e. The van der Waals surface area contributed by atoms with Crippen LogP contribution >= 0.6 is 23.2 Å². The van der Waals surface area contributed by atoms with E-state index in [0.717, 1.165) is 43.1 Å². The Kier molecular flexibility index (Phi) is 3.91. The van der Waals surface area contributed by atoms with E-state index < -0.39 is 0 Å². The molecule has 0 amide bonds. The average Bonchev–Trinajstić information content (AvgIpc) is 2.54. The summed E-state index contributed by atoms with van der Waals surface area (Å²) in [6.07, 6.45) is 0. The summed E-state index contributed by atoms with van der Waals surface area (Å²) in [6, 6.07) is 10.5. The van der Waals surface area contributed by atoms with Gasteiger partial charge in [0, 0.05) is 64.3 Å². The zero-order chi connectivity index (χ0) is 16.9. The zero-order valence-corrected chi connectivity index (χ0v) is 15.4. The van der Waals surface area contributed by atoms with Crippen LogP contribution in [0.15, 0.2) is 30.3 Å². The van der Waals surface area contributed by atoms with E-state index in [1.807, 2.05) is 12.1 Å². The Morgan fingerprint density at radius 2 is 1.75 bits per heavy atom. The molecule has 4 rings (SSSR count). The van der Waals surface area contributed by atoms with E-state index >= 15 is 0 Å². The number of fused-ring (bicyclic) bond motifs is 2. The number of rotatable bonds is 1. The molecule has 2 aliphatic rings. The highest BCUT2D eigenvalue weighted by Gasteiger charge is 2.35. The van der Waals surface area contributed by atoms with Gasteiger partial charge in [-0.1, -0.05) is 43.1 Å². The lowest BCUT2D eigenvalue weighted by Gasteiger charge is -2.38. The van der Waals surface area contributed by atoms with Gasteiger partial charge in [-0.3, -0.25) is 0 Å². The van der Waals surface area contributed by atoms with Crippen molar-refractivity contribution in [1.29, 1.82) is 0 Å². The molecule has 0 aromatic heterocycles. The van der Waals surface area contributed by atoms with Gasteiger partial charge in [0.25, 0.3) is 0 Å². The number of nitrogens with one attached hydrogen (secondary N) is 2. The molecule has 1 saturated heterocycles. The summed E-state index contributed by atoms with van der Waals surface area (Å²) in [6.45, 7) is 8.58. The molecule has 2 aromatic rings. The van der Waals surface area contributed by atoms with Crippen LogP contribution in [0.1, 0.15) is 25.0 Å². The van der Waals surface area contributed by atoms with Crippen molar-refractivity contribution in [3.05, 3.63) is 51.5 Å². The Balaban J connectivity index is 1.79. The van der Waals surface area contributed by atoms with Gasteiger partial charge in [0.15, 0.2) is 0 Å². The normalized spacial score (nSPS) is 18.6. The molecule has 24 heavy (non-hydrogen) atoms. The molecule has 0 saturated carbocycles. The summed E-state index contributed by atoms with van der Waals surface area (Å²) in [7, 11) is 0. The second-order valence-corrected chi connectivity index (χ2v) is 7.87. The number of nitrogens with zero attached hydrogens (tertiary/aromatic N) is 1. The third kappa shape index (κ3) is 2.55. The summed E-state index contributed by atoms with van der Waals surface area (Å²) in [5.74, 6) is 0. The predicted octanol–water partition coefficient (Wildman–Crippen LogP) is 4.79. The lowest BCUT2D eigenvalue weighted by molar-refractivity contribution is 0.588. The first-order valence-electron chi connectivity index (χ1n) is 8.33. The van der Waals surface area contributed by atoms with Crippen LogP contribution in [0, 0.1) is 0 Å². The third-order valence-corrected chi connectivity index (χ3v) is 5.62. The molecule has 2 N–H and O–H groups in total. The van der Waals surface area contributed by atoms with Crippen molar-refractivity contribution >= 4 is 40.3 Å². The Labute approximate surface area is 152 Å². The van der Waals surface area contributed by atoms with Crippen molar-refractivity contribution in [3.63, 3.8) is 0 Å². The summed E-state index contributed by atoms with van der Waals surface area (Å²) in [5.41, 5.74) is 5.60. The van der Waals surface area contributed by atoms with Gasteiger partial charge in [-0.25, -0.2) is 0 Å². The van der Waals surface area contributed by atoms with Gasteiger partial charge in [-0.05, 0) is 29.8 Å². The van der Waals surface area contributed by atoms with Gasteiger partial charge in [0.1, 0.15) is 0 Å². The van der Waals surface area contributed by atoms with Crippen molar-refractivity contribution < 1.29 is 0 Å². The molecule has 0 radical (unpaired) electrons. The molecule has 0 spiro atoms. The van der Waals surface area contributed by atoms with Crippen molar-refractivity contribution in [1.82, 2.24) is 5.32 Å². The van der Waals surface area contributed by atoms with E-state index in [1.165, 1.54) is 11.3 Å². The molecule has 0 bridgehead atoms. The topological polar surface area (TPSA) is 27.3 Å². The number of hydrogen-bond acceptors (Lipinski definition) is 3. The van der Waals surface area contributed by atoms with Crippen molar-refractivity contribution in [2.45, 2.75) is 19.3 Å². The van der Waals surface area contributed by atoms with E-state index in [1.54, 1.807) is 0 Å².